The SMILES string of the molecule is CCC(C)OC(=O)C(C)S(=O)CCCC(=O)O. The van der Waals surface area contributed by atoms with Crippen LogP contribution in [0.4, 0.5) is 0 Å². The molecule has 0 aromatic carbocycles. The quantitative estimate of drug-likeness (QED) is 0.669. The first-order valence-corrected chi connectivity index (χ1v) is 7.06. The molecule has 100 valence electrons. The third-order valence-corrected chi connectivity index (χ3v) is 4.03. The van der Waals surface area contributed by atoms with Crippen molar-refractivity contribution in [3.05, 3.63) is 0 Å². The van der Waals surface area contributed by atoms with Gasteiger partial charge in [0.15, 0.2) is 0 Å². The molecule has 0 amide bonds. The minimum atomic E-state index is -1.37. The van der Waals surface area contributed by atoms with Crippen molar-refractivity contribution in [3.8, 4) is 0 Å². The first kappa shape index (κ1) is 16.1. The average Bonchev–Trinajstić information content (AvgIpc) is 2.26. The first-order valence-electron chi connectivity index (χ1n) is 5.68. The molecule has 0 radical (unpaired) electrons. The second-order valence-electron chi connectivity index (χ2n) is 3.88. The number of ether oxygens (including phenoxy) is 1. The van der Waals surface area contributed by atoms with E-state index in [0.29, 0.717) is 12.8 Å². The molecule has 0 saturated carbocycles. The Hall–Kier alpha value is -0.910. The third-order valence-electron chi connectivity index (χ3n) is 2.35. The summed E-state index contributed by atoms with van der Waals surface area (Å²) in [6.45, 7) is 5.21. The minimum absolute atomic E-state index is 0.0289. The van der Waals surface area contributed by atoms with Gasteiger partial charge in [0.25, 0.3) is 0 Å². The molecule has 1 N–H and O–H groups in total. The fourth-order valence-corrected chi connectivity index (χ4v) is 2.08. The molecule has 0 rings (SSSR count). The first-order chi connectivity index (χ1) is 7.88. The summed E-state index contributed by atoms with van der Waals surface area (Å²) in [6.07, 6.45) is 0.812. The van der Waals surface area contributed by atoms with Crippen LogP contribution in [0.5, 0.6) is 0 Å². The second-order valence-corrected chi connectivity index (χ2v) is 5.76. The van der Waals surface area contributed by atoms with Gasteiger partial charge in [-0.05, 0) is 26.7 Å². The molecule has 0 aliphatic heterocycles. The van der Waals surface area contributed by atoms with E-state index in [2.05, 4.69) is 0 Å². The molecule has 3 unspecified atom stereocenters. The largest absolute Gasteiger partial charge is 0.481 e. The maximum atomic E-state index is 11.7. The van der Waals surface area contributed by atoms with Gasteiger partial charge >= 0.3 is 11.9 Å². The zero-order valence-corrected chi connectivity index (χ0v) is 11.3. The van der Waals surface area contributed by atoms with Gasteiger partial charge in [-0.25, -0.2) is 0 Å². The van der Waals surface area contributed by atoms with Gasteiger partial charge in [-0.1, -0.05) is 6.92 Å². The van der Waals surface area contributed by atoms with Crippen LogP contribution in [0, 0.1) is 0 Å². The summed E-state index contributed by atoms with van der Waals surface area (Å²) in [5.74, 6) is -1.19. The van der Waals surface area contributed by atoms with Crippen LogP contribution in [-0.2, 0) is 25.1 Å². The number of esters is 1. The maximum Gasteiger partial charge on any atom is 0.321 e. The van der Waals surface area contributed by atoms with Crippen molar-refractivity contribution in [2.75, 3.05) is 5.75 Å². The number of rotatable bonds is 8. The topological polar surface area (TPSA) is 80.7 Å². The predicted molar refractivity (Wildman–Crippen MR) is 65.2 cm³/mol. The van der Waals surface area contributed by atoms with Crippen LogP contribution in [0.2, 0.25) is 0 Å². The Kier molecular flexibility index (Phi) is 7.78. The number of carbonyl (C=O) groups is 2. The van der Waals surface area contributed by atoms with Crippen molar-refractivity contribution in [1.82, 2.24) is 0 Å². The fourth-order valence-electron chi connectivity index (χ4n) is 1.03. The molecule has 0 aliphatic rings. The van der Waals surface area contributed by atoms with Crippen molar-refractivity contribution in [3.63, 3.8) is 0 Å². The smallest absolute Gasteiger partial charge is 0.321 e. The summed E-state index contributed by atoms with van der Waals surface area (Å²) < 4.78 is 16.7. The van der Waals surface area contributed by atoms with Crippen molar-refractivity contribution in [2.45, 2.75) is 51.4 Å². The number of aliphatic carboxylic acids is 1. The molecule has 3 atom stereocenters. The molecule has 0 fully saturated rings. The van der Waals surface area contributed by atoms with Crippen LogP contribution in [0.15, 0.2) is 0 Å². The lowest BCUT2D eigenvalue weighted by atomic mass is 10.3. The second kappa shape index (κ2) is 8.22. The molecule has 6 heteroatoms. The van der Waals surface area contributed by atoms with Crippen LogP contribution in [-0.4, -0.2) is 38.4 Å². The molecule has 0 aliphatic carbocycles. The average molecular weight is 264 g/mol. The lowest BCUT2D eigenvalue weighted by molar-refractivity contribution is -0.147. The Morgan fingerprint density at radius 2 is 1.94 bits per heavy atom. The summed E-state index contributed by atoms with van der Waals surface area (Å²) >= 11 is 0. The van der Waals surface area contributed by atoms with Crippen LogP contribution < -0.4 is 0 Å². The molecule has 0 aromatic rings. The van der Waals surface area contributed by atoms with Crippen LogP contribution in [0.25, 0.3) is 0 Å². The molecular formula is C11H20O5S. The fraction of sp³-hybridized carbons (Fsp3) is 0.818. The van der Waals surface area contributed by atoms with E-state index >= 15 is 0 Å². The van der Waals surface area contributed by atoms with Gasteiger partial charge in [0, 0.05) is 23.0 Å². The highest BCUT2D eigenvalue weighted by Crippen LogP contribution is 2.06. The molecule has 5 nitrogen and oxygen atoms in total. The summed E-state index contributed by atoms with van der Waals surface area (Å²) in [5.41, 5.74) is 0. The lowest BCUT2D eigenvalue weighted by Gasteiger charge is -2.15. The van der Waals surface area contributed by atoms with Crippen LogP contribution >= 0.6 is 0 Å². The summed E-state index contributed by atoms with van der Waals surface area (Å²) in [6, 6.07) is 0. The molecule has 0 aromatic heterocycles. The standard InChI is InChI=1S/C11H20O5S/c1-4-8(2)16-11(14)9(3)17(15)7-5-6-10(12)13/h8-9H,4-7H2,1-3H3,(H,12,13). The Balaban J connectivity index is 4.03. The number of hydrogen-bond donors (Lipinski definition) is 1. The summed E-state index contributed by atoms with van der Waals surface area (Å²) in [4.78, 5) is 21.8. The van der Waals surface area contributed by atoms with Gasteiger partial charge in [0.05, 0.1) is 6.10 Å². The van der Waals surface area contributed by atoms with E-state index in [-0.39, 0.29) is 18.3 Å². The van der Waals surface area contributed by atoms with Gasteiger partial charge < -0.3 is 9.84 Å². The highest BCUT2D eigenvalue weighted by molar-refractivity contribution is 7.86. The molecule has 0 heterocycles. The van der Waals surface area contributed by atoms with Crippen molar-refractivity contribution >= 4 is 22.7 Å². The van der Waals surface area contributed by atoms with E-state index in [4.69, 9.17) is 9.84 Å². The van der Waals surface area contributed by atoms with Gasteiger partial charge in [0.1, 0.15) is 5.25 Å². The van der Waals surface area contributed by atoms with Crippen LogP contribution in [0.3, 0.4) is 0 Å². The zero-order chi connectivity index (χ0) is 13.4. The zero-order valence-electron chi connectivity index (χ0n) is 10.5. The van der Waals surface area contributed by atoms with Gasteiger partial charge in [-0.2, -0.15) is 0 Å². The van der Waals surface area contributed by atoms with E-state index in [1.807, 2.05) is 6.92 Å². The van der Waals surface area contributed by atoms with Crippen molar-refractivity contribution < 1.29 is 23.6 Å². The Morgan fingerprint density at radius 3 is 2.41 bits per heavy atom. The normalized spacial score (nSPS) is 15.9. The molecule has 17 heavy (non-hydrogen) atoms. The van der Waals surface area contributed by atoms with E-state index in [1.165, 1.54) is 0 Å². The van der Waals surface area contributed by atoms with Crippen molar-refractivity contribution in [2.24, 2.45) is 0 Å². The maximum absolute atomic E-state index is 11.7. The number of carbonyl (C=O) groups excluding carboxylic acids is 1. The minimum Gasteiger partial charge on any atom is -0.481 e. The number of hydrogen-bond acceptors (Lipinski definition) is 4. The predicted octanol–water partition coefficient (Wildman–Crippen LogP) is 1.33. The van der Waals surface area contributed by atoms with E-state index in [9.17, 15) is 13.8 Å². The number of carboxylic acids is 1. The summed E-state index contributed by atoms with van der Waals surface area (Å²) in [7, 11) is -1.37. The van der Waals surface area contributed by atoms with Gasteiger partial charge in [-0.3, -0.25) is 13.8 Å². The van der Waals surface area contributed by atoms with E-state index in [0.717, 1.165) is 0 Å². The van der Waals surface area contributed by atoms with Gasteiger partial charge in [-0.15, -0.1) is 0 Å². The van der Waals surface area contributed by atoms with E-state index in [1.54, 1.807) is 13.8 Å². The number of carboxylic acid groups (broad SMARTS) is 1. The molecular weight excluding hydrogens is 244 g/mol. The highest BCUT2D eigenvalue weighted by atomic mass is 32.2. The Morgan fingerprint density at radius 1 is 1.35 bits per heavy atom. The Bertz CT molecular complexity index is 290. The molecule has 0 bridgehead atoms. The monoisotopic (exact) mass is 264 g/mol. The van der Waals surface area contributed by atoms with Gasteiger partial charge in [0.2, 0.25) is 0 Å². The third kappa shape index (κ3) is 7.10. The highest BCUT2D eigenvalue weighted by Gasteiger charge is 2.22. The van der Waals surface area contributed by atoms with Crippen LogP contribution in [0.1, 0.15) is 40.0 Å². The van der Waals surface area contributed by atoms with E-state index < -0.39 is 28.0 Å². The lowest BCUT2D eigenvalue weighted by Crippen LogP contribution is -2.29. The molecule has 0 saturated heterocycles. The Labute approximate surface area is 104 Å². The summed E-state index contributed by atoms with van der Waals surface area (Å²) in [5, 5.41) is 7.74. The van der Waals surface area contributed by atoms with Crippen molar-refractivity contribution in [1.29, 1.82) is 0 Å². The molecule has 0 spiro atoms.